The smallest absolute Gasteiger partial charge is 0.416 e. The summed E-state index contributed by atoms with van der Waals surface area (Å²) in [4.78, 5) is 12.3. The van der Waals surface area contributed by atoms with Crippen LogP contribution in [-0.2, 0) is 12.4 Å². The number of ketones is 1. The van der Waals surface area contributed by atoms with Crippen molar-refractivity contribution in [3.05, 3.63) is 69.9 Å². The summed E-state index contributed by atoms with van der Waals surface area (Å²) in [7, 11) is 0. The van der Waals surface area contributed by atoms with E-state index in [2.05, 4.69) is 0 Å². The number of hydrogen-bond donors (Lipinski definition) is 0. The van der Waals surface area contributed by atoms with Crippen LogP contribution in [0.15, 0.2) is 42.5 Å². The number of fused-ring (bicyclic) bond motifs is 1. The molecule has 0 spiro atoms. The molecule has 0 aromatic heterocycles. The van der Waals surface area contributed by atoms with E-state index in [0.717, 1.165) is 18.2 Å². The third kappa shape index (κ3) is 2.86. The fourth-order valence-electron chi connectivity index (χ4n) is 2.47. The molecule has 0 aliphatic carbocycles. The number of carbonyl (C=O) groups excluding carboxylic acids is 1. The zero-order valence-corrected chi connectivity index (χ0v) is 12.1. The van der Waals surface area contributed by atoms with Crippen LogP contribution in [-0.4, -0.2) is 16.2 Å². The molecule has 25 heavy (non-hydrogen) atoms. The lowest BCUT2D eigenvalue weighted by Gasteiger charge is -2.08. The highest BCUT2D eigenvalue weighted by atomic mass is 19.4. The van der Waals surface area contributed by atoms with Crippen LogP contribution in [0.25, 0.3) is 0 Å². The number of benzene rings is 2. The van der Waals surface area contributed by atoms with Crippen molar-refractivity contribution in [3.8, 4) is 0 Å². The lowest BCUT2D eigenvalue weighted by molar-refractivity contribution is -0.355. The first-order valence-electron chi connectivity index (χ1n) is 6.78. The Morgan fingerprint density at radius 1 is 0.800 bits per heavy atom. The first kappa shape index (κ1) is 17.0. The predicted octanol–water partition coefficient (Wildman–Crippen LogP) is 4.55. The summed E-state index contributed by atoms with van der Waals surface area (Å²) in [6.07, 6.45) is -9.29. The van der Waals surface area contributed by atoms with Gasteiger partial charge in [0.25, 0.3) is 11.5 Å². The largest absolute Gasteiger partial charge is 0.618 e. The van der Waals surface area contributed by atoms with Gasteiger partial charge < -0.3 is 5.21 Å². The van der Waals surface area contributed by atoms with Crippen LogP contribution < -0.4 is 0 Å². The molecule has 0 amide bonds. The Morgan fingerprint density at radius 2 is 1.32 bits per heavy atom. The molecule has 2 aromatic carbocycles. The van der Waals surface area contributed by atoms with Crippen molar-refractivity contribution in [2.24, 2.45) is 0 Å². The van der Waals surface area contributed by atoms with Gasteiger partial charge in [0.2, 0.25) is 5.69 Å². The number of rotatable bonds is 1. The van der Waals surface area contributed by atoms with E-state index < -0.39 is 40.7 Å². The van der Waals surface area contributed by atoms with Crippen LogP contribution in [0.2, 0.25) is 0 Å². The summed E-state index contributed by atoms with van der Waals surface area (Å²) in [5.41, 5.74) is -3.45. The molecule has 0 atom stereocenters. The van der Waals surface area contributed by atoms with Gasteiger partial charge in [-0.15, -0.1) is 0 Å². The summed E-state index contributed by atoms with van der Waals surface area (Å²) in [5, 5.41) is 12.2. The number of alkyl halides is 6. The van der Waals surface area contributed by atoms with Crippen LogP contribution in [0, 0.1) is 5.21 Å². The minimum absolute atomic E-state index is 0.00943. The van der Waals surface area contributed by atoms with Crippen molar-refractivity contribution in [1.82, 2.24) is 0 Å². The van der Waals surface area contributed by atoms with E-state index in [-0.39, 0.29) is 15.9 Å². The Bertz CT molecular complexity index is 894. The van der Waals surface area contributed by atoms with E-state index in [1.165, 1.54) is 0 Å². The number of carbonyl (C=O) groups is 1. The van der Waals surface area contributed by atoms with E-state index in [1.54, 1.807) is 0 Å². The fourth-order valence-corrected chi connectivity index (χ4v) is 2.47. The Balaban J connectivity index is 2.08. The van der Waals surface area contributed by atoms with Gasteiger partial charge in [-0.2, -0.15) is 31.1 Å². The molecule has 9 heteroatoms. The monoisotopic (exact) mass is 359 g/mol. The molecule has 0 saturated carbocycles. The highest BCUT2D eigenvalue weighted by molar-refractivity contribution is 6.52. The van der Waals surface area contributed by atoms with Gasteiger partial charge in [-0.25, -0.2) is 0 Å². The number of nitrogens with zero attached hydrogens (tertiary/aromatic N) is 1. The molecular weight excluding hydrogens is 352 g/mol. The summed E-state index contributed by atoms with van der Waals surface area (Å²) in [6.45, 7) is 0. The summed E-state index contributed by atoms with van der Waals surface area (Å²) in [5.74, 6) is -0.849. The zero-order valence-electron chi connectivity index (χ0n) is 12.1. The molecule has 0 radical (unpaired) electrons. The topological polar surface area (TPSA) is 43.1 Å². The Labute approximate surface area is 136 Å². The SMILES string of the molecule is O=C1C(c2ccc(C(F)(F)F)cc2)=[N+]([O-])c2cc(C(F)(F)F)ccc21. The predicted molar refractivity (Wildman–Crippen MR) is 74.6 cm³/mol. The van der Waals surface area contributed by atoms with Crippen molar-refractivity contribution in [2.75, 3.05) is 0 Å². The maximum absolute atomic E-state index is 12.7. The van der Waals surface area contributed by atoms with E-state index in [9.17, 15) is 36.3 Å². The molecule has 0 N–H and O–H groups in total. The minimum atomic E-state index is -4.70. The van der Waals surface area contributed by atoms with E-state index in [0.29, 0.717) is 24.3 Å². The average Bonchev–Trinajstić information content (AvgIpc) is 2.77. The summed E-state index contributed by atoms with van der Waals surface area (Å²) >= 11 is 0. The molecule has 3 nitrogen and oxygen atoms in total. The van der Waals surface area contributed by atoms with Gasteiger partial charge in [0, 0.05) is 6.07 Å². The third-order valence-electron chi connectivity index (χ3n) is 3.69. The van der Waals surface area contributed by atoms with Crippen molar-refractivity contribution < 1.29 is 35.9 Å². The highest BCUT2D eigenvalue weighted by Gasteiger charge is 2.40. The molecule has 1 heterocycles. The normalized spacial score (nSPS) is 14.9. The second-order valence-electron chi connectivity index (χ2n) is 5.28. The van der Waals surface area contributed by atoms with E-state index in [1.807, 2.05) is 0 Å². The highest BCUT2D eigenvalue weighted by Crippen LogP contribution is 2.36. The molecule has 130 valence electrons. The lowest BCUT2D eigenvalue weighted by Crippen LogP contribution is -2.17. The molecular formula is C16H7F6NO2. The number of Topliss-reactive ketones (excluding diaryl/α,β-unsaturated/α-hetero) is 1. The quantitative estimate of drug-likeness (QED) is 0.426. The van der Waals surface area contributed by atoms with Crippen LogP contribution in [0.5, 0.6) is 0 Å². The Kier molecular flexibility index (Phi) is 3.63. The molecule has 0 fully saturated rings. The van der Waals surface area contributed by atoms with Gasteiger partial charge in [0.1, 0.15) is 5.56 Å². The van der Waals surface area contributed by atoms with Gasteiger partial charge in [0.05, 0.1) is 16.7 Å². The molecule has 1 aliphatic heterocycles. The second-order valence-corrected chi connectivity index (χ2v) is 5.28. The van der Waals surface area contributed by atoms with Crippen LogP contribution >= 0.6 is 0 Å². The first-order chi connectivity index (χ1) is 11.5. The summed E-state index contributed by atoms with van der Waals surface area (Å²) < 4.78 is 75.9. The van der Waals surface area contributed by atoms with Gasteiger partial charge in [-0.05, 0) is 36.4 Å². The number of hydrogen-bond acceptors (Lipinski definition) is 2. The molecule has 2 aromatic rings. The fraction of sp³-hybridized carbons (Fsp3) is 0.125. The van der Waals surface area contributed by atoms with Gasteiger partial charge in [-0.1, -0.05) is 0 Å². The molecule has 1 aliphatic rings. The van der Waals surface area contributed by atoms with Crippen molar-refractivity contribution in [1.29, 1.82) is 0 Å². The Morgan fingerprint density at radius 3 is 1.84 bits per heavy atom. The van der Waals surface area contributed by atoms with Crippen LogP contribution in [0.4, 0.5) is 32.0 Å². The minimum Gasteiger partial charge on any atom is -0.618 e. The van der Waals surface area contributed by atoms with E-state index in [4.69, 9.17) is 0 Å². The first-order valence-corrected chi connectivity index (χ1v) is 6.78. The van der Waals surface area contributed by atoms with Gasteiger partial charge in [0.15, 0.2) is 0 Å². The Hall–Kier alpha value is -2.84. The lowest BCUT2D eigenvalue weighted by atomic mass is 10.0. The second kappa shape index (κ2) is 5.33. The van der Waals surface area contributed by atoms with Gasteiger partial charge >= 0.3 is 12.4 Å². The number of halogens is 6. The van der Waals surface area contributed by atoms with Gasteiger partial charge in [-0.3, -0.25) is 4.79 Å². The maximum atomic E-state index is 12.7. The van der Waals surface area contributed by atoms with Crippen molar-refractivity contribution in [2.45, 2.75) is 12.4 Å². The average molecular weight is 359 g/mol. The standard InChI is InChI=1S/C16H7F6NO2/c17-15(18,19)9-3-1-8(2-4-9)13-14(24)11-6-5-10(16(20,21)22)7-12(11)23(13)25/h1-7H. The third-order valence-corrected chi connectivity index (χ3v) is 3.69. The maximum Gasteiger partial charge on any atom is 0.416 e. The molecule has 0 saturated heterocycles. The molecule has 3 rings (SSSR count). The summed E-state index contributed by atoms with van der Waals surface area (Å²) in [6, 6.07) is 5.32. The molecule has 0 bridgehead atoms. The van der Waals surface area contributed by atoms with Crippen LogP contribution in [0.3, 0.4) is 0 Å². The van der Waals surface area contributed by atoms with Crippen molar-refractivity contribution in [3.63, 3.8) is 0 Å². The van der Waals surface area contributed by atoms with E-state index >= 15 is 0 Å². The molecule has 0 unspecified atom stereocenters. The van der Waals surface area contributed by atoms with Crippen molar-refractivity contribution >= 4 is 17.2 Å². The zero-order chi connectivity index (χ0) is 18.6. The van der Waals surface area contributed by atoms with Crippen LogP contribution in [0.1, 0.15) is 27.0 Å².